The minimum absolute atomic E-state index is 0.0978. The zero-order valence-corrected chi connectivity index (χ0v) is 15.2. The fourth-order valence-corrected chi connectivity index (χ4v) is 3.75. The van der Waals surface area contributed by atoms with Gasteiger partial charge in [0, 0.05) is 49.0 Å². The number of hydrogen-bond donors (Lipinski definition) is 1. The van der Waals surface area contributed by atoms with Crippen LogP contribution in [0.1, 0.15) is 0 Å². The summed E-state index contributed by atoms with van der Waals surface area (Å²) in [5.74, 6) is 0. The lowest BCUT2D eigenvalue weighted by Crippen LogP contribution is -2.44. The van der Waals surface area contributed by atoms with Crippen molar-refractivity contribution in [1.29, 1.82) is 0 Å². The van der Waals surface area contributed by atoms with E-state index < -0.39 is 0 Å². The maximum Gasteiger partial charge on any atom is 0.282 e. The average molecular weight is 359 g/mol. The molecule has 3 aliphatic heterocycles. The van der Waals surface area contributed by atoms with Crippen molar-refractivity contribution in [2.24, 2.45) is 0 Å². The Morgan fingerprint density at radius 1 is 0.963 bits per heavy atom. The van der Waals surface area contributed by atoms with E-state index in [-0.39, 0.29) is 5.56 Å². The first kappa shape index (κ1) is 16.1. The first-order valence-electron chi connectivity index (χ1n) is 9.24. The van der Waals surface area contributed by atoms with Crippen LogP contribution in [0.3, 0.4) is 0 Å². The van der Waals surface area contributed by atoms with E-state index in [1.54, 1.807) is 6.20 Å². The topological polar surface area (TPSA) is 57.2 Å². The Kier molecular flexibility index (Phi) is 3.72. The lowest BCUT2D eigenvalue weighted by Gasteiger charge is -2.34. The highest BCUT2D eigenvalue weighted by atomic mass is 16.1. The minimum atomic E-state index is -0.0978. The predicted molar refractivity (Wildman–Crippen MR) is 108 cm³/mol. The molecule has 3 aliphatic rings. The Hall–Kier alpha value is -3.12. The van der Waals surface area contributed by atoms with Crippen molar-refractivity contribution in [3.8, 4) is 16.9 Å². The summed E-state index contributed by atoms with van der Waals surface area (Å²) >= 11 is 0. The van der Waals surface area contributed by atoms with E-state index in [9.17, 15) is 4.79 Å². The molecule has 27 heavy (non-hydrogen) atoms. The van der Waals surface area contributed by atoms with Crippen molar-refractivity contribution in [3.05, 3.63) is 65.1 Å². The van der Waals surface area contributed by atoms with Gasteiger partial charge in [0.15, 0.2) is 0 Å². The molecule has 0 amide bonds. The van der Waals surface area contributed by atoms with E-state index in [4.69, 9.17) is 0 Å². The van der Waals surface area contributed by atoms with E-state index in [0.29, 0.717) is 5.56 Å². The number of benzene rings is 2. The lowest BCUT2D eigenvalue weighted by molar-refractivity contribution is 0.313. The van der Waals surface area contributed by atoms with Gasteiger partial charge in [-0.05, 0) is 37.4 Å². The van der Waals surface area contributed by atoms with Gasteiger partial charge in [-0.15, -0.1) is 0 Å². The SMILES string of the molecule is CN1CCN(c2ccc3[nH]cc4c(=O)n(-c5ccccc5)nc-4c3c2)CC1. The third-order valence-electron chi connectivity index (χ3n) is 5.38. The number of anilines is 1. The number of H-pyrrole nitrogens is 1. The summed E-state index contributed by atoms with van der Waals surface area (Å²) in [5, 5.41) is 5.65. The maximum absolute atomic E-state index is 12.9. The number of hydrogen-bond acceptors (Lipinski definition) is 4. The molecule has 0 bridgehead atoms. The number of rotatable bonds is 2. The van der Waals surface area contributed by atoms with Gasteiger partial charge in [0.05, 0.1) is 11.3 Å². The number of nitrogens with zero attached hydrogens (tertiary/aromatic N) is 4. The van der Waals surface area contributed by atoms with Crippen LogP contribution < -0.4 is 10.5 Å². The largest absolute Gasteiger partial charge is 0.369 e. The van der Waals surface area contributed by atoms with Crippen LogP contribution in [0.2, 0.25) is 0 Å². The van der Waals surface area contributed by atoms with Crippen LogP contribution in [0.15, 0.2) is 59.5 Å². The molecule has 2 aromatic carbocycles. The monoisotopic (exact) mass is 359 g/mol. The van der Waals surface area contributed by atoms with Crippen LogP contribution >= 0.6 is 0 Å². The van der Waals surface area contributed by atoms with Crippen LogP contribution in [0.25, 0.3) is 27.8 Å². The van der Waals surface area contributed by atoms with Crippen molar-refractivity contribution < 1.29 is 0 Å². The average Bonchev–Trinajstić information content (AvgIpc) is 3.06. The quantitative estimate of drug-likeness (QED) is 0.598. The summed E-state index contributed by atoms with van der Waals surface area (Å²) in [6, 6.07) is 15.9. The number of likely N-dealkylation sites (N-methyl/N-ethyl adjacent to an activating group) is 1. The number of aromatic nitrogens is 3. The molecular formula is C21H21N5O. The first-order chi connectivity index (χ1) is 13.2. The first-order valence-corrected chi connectivity index (χ1v) is 9.24. The zero-order chi connectivity index (χ0) is 18.4. The highest BCUT2D eigenvalue weighted by Gasteiger charge is 2.20. The Morgan fingerprint density at radius 3 is 2.52 bits per heavy atom. The molecule has 0 atom stereocenters. The number of para-hydroxylation sites is 1. The second-order valence-electron chi connectivity index (χ2n) is 7.12. The second-order valence-corrected chi connectivity index (χ2v) is 7.12. The third kappa shape index (κ3) is 2.69. The van der Waals surface area contributed by atoms with E-state index in [1.165, 1.54) is 10.4 Å². The summed E-state index contributed by atoms with van der Waals surface area (Å²) in [6.45, 7) is 4.13. The zero-order valence-electron chi connectivity index (χ0n) is 15.2. The summed E-state index contributed by atoms with van der Waals surface area (Å²) < 4.78 is 1.49. The Morgan fingerprint density at radius 2 is 1.74 bits per heavy atom. The van der Waals surface area contributed by atoms with Gasteiger partial charge >= 0.3 is 0 Å². The number of aromatic amines is 1. The van der Waals surface area contributed by atoms with Crippen molar-refractivity contribution in [3.63, 3.8) is 0 Å². The van der Waals surface area contributed by atoms with Crippen LogP contribution in [0, 0.1) is 0 Å². The molecule has 2 aromatic rings. The molecule has 3 heterocycles. The molecule has 0 aliphatic carbocycles. The molecule has 0 unspecified atom stereocenters. The van der Waals surface area contributed by atoms with Crippen LogP contribution in [-0.2, 0) is 0 Å². The summed E-state index contributed by atoms with van der Waals surface area (Å²) in [4.78, 5) is 20.9. The molecule has 1 N–H and O–H groups in total. The highest BCUT2D eigenvalue weighted by molar-refractivity contribution is 5.95. The van der Waals surface area contributed by atoms with Gasteiger partial charge in [-0.25, -0.2) is 0 Å². The highest BCUT2D eigenvalue weighted by Crippen LogP contribution is 2.30. The third-order valence-corrected chi connectivity index (χ3v) is 5.38. The Labute approximate surface area is 157 Å². The van der Waals surface area contributed by atoms with Gasteiger partial charge in [0.1, 0.15) is 5.69 Å². The fourth-order valence-electron chi connectivity index (χ4n) is 3.75. The molecule has 1 fully saturated rings. The minimum Gasteiger partial charge on any atom is -0.369 e. The number of piperazine rings is 1. The number of fused-ring (bicyclic) bond motifs is 3. The molecule has 6 nitrogen and oxygen atoms in total. The van der Waals surface area contributed by atoms with Gasteiger partial charge in [-0.3, -0.25) is 4.79 Å². The normalized spacial score (nSPS) is 15.7. The second kappa shape index (κ2) is 6.25. The Balaban J connectivity index is 1.65. The van der Waals surface area contributed by atoms with Crippen LogP contribution in [-0.4, -0.2) is 52.9 Å². The fraction of sp³-hybridized carbons (Fsp3) is 0.238. The van der Waals surface area contributed by atoms with Crippen molar-refractivity contribution in [2.75, 3.05) is 38.1 Å². The lowest BCUT2D eigenvalue weighted by atomic mass is 10.1. The number of nitrogens with one attached hydrogen (secondary N) is 1. The van der Waals surface area contributed by atoms with Crippen LogP contribution in [0.5, 0.6) is 0 Å². The van der Waals surface area contributed by atoms with Gasteiger partial charge in [-0.2, -0.15) is 9.78 Å². The standard InChI is InChI=1S/C21H21N5O/c1-24-9-11-25(12-10-24)16-7-8-19-17(13-16)20-18(14-22-19)21(27)26(23-20)15-5-3-2-4-6-15/h2-8,13-14,22H,9-12H2,1H3. The van der Waals surface area contributed by atoms with Gasteiger partial charge in [0.25, 0.3) is 5.56 Å². The van der Waals surface area contributed by atoms with Gasteiger partial charge < -0.3 is 14.8 Å². The molecule has 0 spiro atoms. The van der Waals surface area contributed by atoms with Gasteiger partial charge in [-0.1, -0.05) is 18.2 Å². The smallest absolute Gasteiger partial charge is 0.282 e. The maximum atomic E-state index is 12.9. The summed E-state index contributed by atoms with van der Waals surface area (Å²) in [7, 11) is 2.15. The van der Waals surface area contributed by atoms with Crippen molar-refractivity contribution in [2.45, 2.75) is 0 Å². The molecule has 5 rings (SSSR count). The van der Waals surface area contributed by atoms with E-state index in [1.807, 2.05) is 30.3 Å². The summed E-state index contributed by atoms with van der Waals surface area (Å²) in [6.07, 6.45) is 1.77. The van der Waals surface area contributed by atoms with E-state index in [0.717, 1.165) is 48.5 Å². The molecule has 1 saturated heterocycles. The predicted octanol–water partition coefficient (Wildman–Crippen LogP) is 2.57. The van der Waals surface area contributed by atoms with Crippen LogP contribution in [0.4, 0.5) is 5.69 Å². The number of pyridine rings is 1. The molecular weight excluding hydrogens is 338 g/mol. The molecule has 6 heteroatoms. The molecule has 136 valence electrons. The van der Waals surface area contributed by atoms with Gasteiger partial charge in [0.2, 0.25) is 0 Å². The van der Waals surface area contributed by atoms with E-state index >= 15 is 0 Å². The molecule has 0 radical (unpaired) electrons. The van der Waals surface area contributed by atoms with E-state index in [2.05, 4.69) is 45.1 Å². The van der Waals surface area contributed by atoms with Crippen molar-refractivity contribution in [1.82, 2.24) is 19.7 Å². The Bertz CT molecular complexity index is 1120. The summed E-state index contributed by atoms with van der Waals surface area (Å²) in [5.41, 5.74) is 4.20. The molecule has 0 saturated carbocycles. The van der Waals surface area contributed by atoms with Crippen molar-refractivity contribution >= 4 is 16.6 Å². The molecule has 0 aromatic heterocycles.